The summed E-state index contributed by atoms with van der Waals surface area (Å²) < 4.78 is 0. The first-order valence-electron chi connectivity index (χ1n) is 4.63. The number of carbonyl (C=O) groups is 1. The van der Waals surface area contributed by atoms with Crippen molar-refractivity contribution >= 4 is 23.3 Å². The molecule has 0 amide bonds. The maximum Gasteiger partial charge on any atom is 0.329 e. The molecular weight excluding hydrogens is 190 g/mol. The molecule has 72 valence electrons. The maximum absolute atomic E-state index is 10.8. The van der Waals surface area contributed by atoms with Gasteiger partial charge in [-0.1, -0.05) is 6.42 Å². The topological polar surface area (TPSA) is 49.7 Å². The van der Waals surface area contributed by atoms with Gasteiger partial charge in [0.25, 0.3) is 0 Å². The lowest BCUT2D eigenvalue weighted by atomic mass is 9.86. The van der Waals surface area contributed by atoms with E-state index in [2.05, 4.69) is 4.99 Å². The van der Waals surface area contributed by atoms with Crippen LogP contribution in [0, 0.1) is 5.92 Å². The second kappa shape index (κ2) is 3.29. The molecule has 0 radical (unpaired) electrons. The summed E-state index contributed by atoms with van der Waals surface area (Å²) in [6, 6.07) is -0.695. The Morgan fingerprint density at radius 1 is 1.54 bits per heavy atom. The molecule has 1 aliphatic carbocycles. The molecule has 0 aromatic carbocycles. The summed E-state index contributed by atoms with van der Waals surface area (Å²) in [6.07, 6.45) is 4.24. The monoisotopic (exact) mass is 201 g/mol. The molecule has 3 unspecified atom stereocenters. The molecule has 0 bridgehead atoms. The predicted molar refractivity (Wildman–Crippen MR) is 50.5 cm³/mol. The van der Waals surface area contributed by atoms with E-state index in [-0.39, 0.29) is 11.3 Å². The van der Waals surface area contributed by atoms with Gasteiger partial charge in [0.15, 0.2) is 6.04 Å². The van der Waals surface area contributed by atoms with Crippen LogP contribution < -0.4 is 0 Å². The Hall–Kier alpha value is -0.570. The van der Waals surface area contributed by atoms with Gasteiger partial charge in [-0.15, -0.1) is 11.6 Å². The Kier molecular flexibility index (Phi) is 2.28. The molecule has 0 aromatic rings. The van der Waals surface area contributed by atoms with Gasteiger partial charge in [0, 0.05) is 11.6 Å². The molecule has 4 heteroatoms. The molecule has 1 heterocycles. The minimum atomic E-state index is -0.887. The number of hydrogen-bond donors (Lipinski definition) is 1. The number of carboxylic acids is 1. The van der Waals surface area contributed by atoms with Crippen LogP contribution >= 0.6 is 11.6 Å². The van der Waals surface area contributed by atoms with Gasteiger partial charge in [-0.05, 0) is 19.3 Å². The molecule has 3 nitrogen and oxygen atoms in total. The van der Waals surface area contributed by atoms with Gasteiger partial charge in [-0.2, -0.15) is 0 Å². The maximum atomic E-state index is 10.8. The summed E-state index contributed by atoms with van der Waals surface area (Å²) in [5.74, 6) is -0.654. The van der Waals surface area contributed by atoms with E-state index < -0.39 is 12.0 Å². The van der Waals surface area contributed by atoms with Gasteiger partial charge in [-0.3, -0.25) is 4.99 Å². The summed E-state index contributed by atoms with van der Waals surface area (Å²) in [5, 5.41) is 8.53. The predicted octanol–water partition coefficient (Wildman–Crippen LogP) is 1.69. The molecule has 3 atom stereocenters. The van der Waals surface area contributed by atoms with Gasteiger partial charge in [0.1, 0.15) is 0 Å². The fourth-order valence-corrected chi connectivity index (χ4v) is 2.62. The first-order chi connectivity index (χ1) is 6.20. The van der Waals surface area contributed by atoms with Crippen molar-refractivity contribution < 1.29 is 9.90 Å². The lowest BCUT2D eigenvalue weighted by molar-refractivity contribution is -0.138. The number of alkyl halides is 1. The number of aliphatic carboxylic acids is 1. The molecule has 1 fully saturated rings. The summed E-state index contributed by atoms with van der Waals surface area (Å²) in [7, 11) is 0. The number of carboxylic acid groups (broad SMARTS) is 1. The van der Waals surface area contributed by atoms with Gasteiger partial charge in [0.05, 0.1) is 5.38 Å². The van der Waals surface area contributed by atoms with Crippen LogP contribution in [0.5, 0.6) is 0 Å². The molecule has 1 N–H and O–H groups in total. The van der Waals surface area contributed by atoms with Crippen LogP contribution in [0.25, 0.3) is 0 Å². The first-order valence-corrected chi connectivity index (χ1v) is 5.07. The Labute approximate surface area is 81.8 Å². The number of aliphatic imine (C=N–C) groups is 1. The average Bonchev–Trinajstić information content (AvgIpc) is 2.45. The van der Waals surface area contributed by atoms with Crippen LogP contribution in [0.2, 0.25) is 0 Å². The highest BCUT2D eigenvalue weighted by Crippen LogP contribution is 2.35. The zero-order chi connectivity index (χ0) is 9.42. The lowest BCUT2D eigenvalue weighted by Gasteiger charge is -2.21. The summed E-state index contributed by atoms with van der Waals surface area (Å²) in [4.78, 5) is 14.9. The Morgan fingerprint density at radius 3 is 2.92 bits per heavy atom. The molecule has 2 aliphatic rings. The molecule has 0 saturated heterocycles. The zero-order valence-electron chi connectivity index (χ0n) is 7.24. The van der Waals surface area contributed by atoms with Crippen molar-refractivity contribution in [3.63, 3.8) is 0 Å². The number of halogens is 1. The van der Waals surface area contributed by atoms with E-state index in [0.717, 1.165) is 31.4 Å². The fraction of sp³-hybridized carbons (Fsp3) is 0.778. The highest BCUT2D eigenvalue weighted by Gasteiger charge is 2.41. The highest BCUT2D eigenvalue weighted by atomic mass is 35.5. The minimum Gasteiger partial charge on any atom is -0.480 e. The average molecular weight is 202 g/mol. The molecule has 0 spiro atoms. The van der Waals surface area contributed by atoms with E-state index in [1.807, 2.05) is 0 Å². The Balaban J connectivity index is 2.19. The lowest BCUT2D eigenvalue weighted by Crippen LogP contribution is -2.30. The van der Waals surface area contributed by atoms with Gasteiger partial charge >= 0.3 is 5.97 Å². The molecule has 2 rings (SSSR count). The van der Waals surface area contributed by atoms with Crippen molar-refractivity contribution in [2.45, 2.75) is 37.1 Å². The van der Waals surface area contributed by atoms with Crippen LogP contribution in [-0.2, 0) is 4.79 Å². The molecular formula is C9H12ClNO2. The quantitative estimate of drug-likeness (QED) is 0.657. The minimum absolute atomic E-state index is 0.233. The third-order valence-electron chi connectivity index (χ3n) is 2.87. The van der Waals surface area contributed by atoms with E-state index in [1.54, 1.807) is 0 Å². The van der Waals surface area contributed by atoms with Crippen molar-refractivity contribution in [2.75, 3.05) is 0 Å². The van der Waals surface area contributed by atoms with E-state index >= 15 is 0 Å². The van der Waals surface area contributed by atoms with Crippen molar-refractivity contribution in [3.05, 3.63) is 0 Å². The van der Waals surface area contributed by atoms with Crippen molar-refractivity contribution in [2.24, 2.45) is 10.9 Å². The van der Waals surface area contributed by atoms with Crippen LogP contribution in [0.4, 0.5) is 0 Å². The zero-order valence-corrected chi connectivity index (χ0v) is 8.00. The number of fused-ring (bicyclic) bond motifs is 1. The fourth-order valence-electron chi connectivity index (χ4n) is 2.19. The molecule has 1 aliphatic heterocycles. The molecule has 13 heavy (non-hydrogen) atoms. The summed E-state index contributed by atoms with van der Waals surface area (Å²) in [6.45, 7) is 0. The Morgan fingerprint density at radius 2 is 2.31 bits per heavy atom. The van der Waals surface area contributed by atoms with E-state index in [9.17, 15) is 4.79 Å². The third-order valence-corrected chi connectivity index (χ3v) is 3.41. The van der Waals surface area contributed by atoms with Crippen LogP contribution in [-0.4, -0.2) is 28.2 Å². The van der Waals surface area contributed by atoms with Crippen molar-refractivity contribution in [1.29, 1.82) is 0 Å². The number of hydrogen-bond acceptors (Lipinski definition) is 2. The second-order valence-electron chi connectivity index (χ2n) is 3.70. The third kappa shape index (κ3) is 1.46. The van der Waals surface area contributed by atoms with Crippen molar-refractivity contribution in [3.8, 4) is 0 Å². The summed E-state index contributed by atoms with van der Waals surface area (Å²) in [5.41, 5.74) is 1.04. The SMILES string of the molecule is O=C(O)C1N=C2CCCCC2C1Cl. The number of rotatable bonds is 1. The summed E-state index contributed by atoms with van der Waals surface area (Å²) >= 11 is 6.05. The van der Waals surface area contributed by atoms with E-state index in [4.69, 9.17) is 16.7 Å². The Bertz CT molecular complexity index is 264. The van der Waals surface area contributed by atoms with E-state index in [0.29, 0.717) is 0 Å². The van der Waals surface area contributed by atoms with Gasteiger partial charge in [-0.25, -0.2) is 4.79 Å². The largest absolute Gasteiger partial charge is 0.480 e. The first kappa shape index (κ1) is 9.00. The highest BCUT2D eigenvalue weighted by molar-refractivity contribution is 6.25. The van der Waals surface area contributed by atoms with Gasteiger partial charge in [0.2, 0.25) is 0 Å². The van der Waals surface area contributed by atoms with Crippen LogP contribution in [0.3, 0.4) is 0 Å². The number of nitrogens with zero attached hydrogens (tertiary/aromatic N) is 1. The van der Waals surface area contributed by atoms with Gasteiger partial charge < -0.3 is 5.11 Å². The normalized spacial score (nSPS) is 38.2. The van der Waals surface area contributed by atoms with Crippen LogP contribution in [0.1, 0.15) is 25.7 Å². The van der Waals surface area contributed by atoms with Crippen molar-refractivity contribution in [1.82, 2.24) is 0 Å². The molecule has 0 aromatic heterocycles. The smallest absolute Gasteiger partial charge is 0.329 e. The van der Waals surface area contributed by atoms with Crippen LogP contribution in [0.15, 0.2) is 4.99 Å². The molecule has 1 saturated carbocycles. The second-order valence-corrected chi connectivity index (χ2v) is 4.20. The van der Waals surface area contributed by atoms with E-state index in [1.165, 1.54) is 0 Å². The standard InChI is InChI=1S/C9H12ClNO2/c10-7-5-3-1-2-4-6(5)11-8(7)9(12)13/h5,7-8H,1-4H2,(H,12,13).